The van der Waals surface area contributed by atoms with E-state index in [2.05, 4.69) is 4.90 Å². The van der Waals surface area contributed by atoms with E-state index in [0.29, 0.717) is 6.04 Å². The van der Waals surface area contributed by atoms with Crippen molar-refractivity contribution in [3.63, 3.8) is 0 Å². The van der Waals surface area contributed by atoms with Crippen LogP contribution in [-0.4, -0.2) is 34.6 Å². The average molecular weight is 209 g/mol. The lowest BCUT2D eigenvalue weighted by Crippen LogP contribution is -2.44. The van der Waals surface area contributed by atoms with Gasteiger partial charge >= 0.3 is 5.97 Å². The molecule has 1 aliphatic heterocycles. The Kier molecular flexibility index (Phi) is 2.23. The lowest BCUT2D eigenvalue weighted by atomic mass is 9.99. The van der Waals surface area contributed by atoms with Gasteiger partial charge in [0, 0.05) is 18.6 Å². The Hall–Kier alpha value is -0.570. The Balaban J connectivity index is 1.74. The fourth-order valence-corrected chi connectivity index (χ4v) is 3.99. The van der Waals surface area contributed by atoms with E-state index in [4.69, 9.17) is 0 Å². The topological polar surface area (TPSA) is 40.5 Å². The summed E-state index contributed by atoms with van der Waals surface area (Å²) in [6, 6.07) is 1.08. The molecule has 15 heavy (non-hydrogen) atoms. The van der Waals surface area contributed by atoms with Crippen molar-refractivity contribution < 1.29 is 9.90 Å². The van der Waals surface area contributed by atoms with E-state index in [1.54, 1.807) is 0 Å². The van der Waals surface area contributed by atoms with Crippen molar-refractivity contribution in [1.82, 2.24) is 4.90 Å². The monoisotopic (exact) mass is 209 g/mol. The van der Waals surface area contributed by atoms with Gasteiger partial charge in [0.2, 0.25) is 0 Å². The molecule has 3 fully saturated rings. The van der Waals surface area contributed by atoms with Crippen LogP contribution >= 0.6 is 0 Å². The molecule has 1 heterocycles. The van der Waals surface area contributed by atoms with Crippen LogP contribution in [0.2, 0.25) is 0 Å². The van der Waals surface area contributed by atoms with Gasteiger partial charge in [-0.15, -0.1) is 0 Å². The summed E-state index contributed by atoms with van der Waals surface area (Å²) >= 11 is 0. The first-order valence-electron chi connectivity index (χ1n) is 6.24. The fourth-order valence-electron chi connectivity index (χ4n) is 3.99. The van der Waals surface area contributed by atoms with Gasteiger partial charge in [0.1, 0.15) is 0 Å². The number of carbonyl (C=O) groups is 1. The molecule has 0 amide bonds. The smallest absolute Gasteiger partial charge is 0.308 e. The van der Waals surface area contributed by atoms with Crippen LogP contribution in [-0.2, 0) is 4.79 Å². The Morgan fingerprint density at radius 1 is 1.20 bits per heavy atom. The maximum atomic E-state index is 11.1. The van der Waals surface area contributed by atoms with Crippen LogP contribution in [0.5, 0.6) is 0 Å². The van der Waals surface area contributed by atoms with Crippen LogP contribution in [0.25, 0.3) is 0 Å². The molecule has 0 radical (unpaired) electrons. The molecule has 4 unspecified atom stereocenters. The second-order valence-electron chi connectivity index (χ2n) is 5.47. The Morgan fingerprint density at radius 3 is 2.67 bits per heavy atom. The minimum atomic E-state index is -0.569. The van der Waals surface area contributed by atoms with Crippen molar-refractivity contribution in [3.05, 3.63) is 0 Å². The summed E-state index contributed by atoms with van der Waals surface area (Å²) in [6.45, 7) is 1.18. The quantitative estimate of drug-likeness (QED) is 0.753. The predicted octanol–water partition coefficient (Wildman–Crippen LogP) is 1.72. The van der Waals surface area contributed by atoms with Gasteiger partial charge in [0.25, 0.3) is 0 Å². The van der Waals surface area contributed by atoms with Gasteiger partial charge in [0.05, 0.1) is 5.92 Å². The SMILES string of the molecule is O=C(O)C1CCCC1N1CC2CCC1C2. The van der Waals surface area contributed by atoms with Crippen LogP contribution in [0.15, 0.2) is 0 Å². The highest BCUT2D eigenvalue weighted by Gasteiger charge is 2.46. The molecule has 3 nitrogen and oxygen atoms in total. The molecule has 0 aromatic carbocycles. The molecule has 2 aliphatic carbocycles. The number of carboxylic acid groups (broad SMARTS) is 1. The van der Waals surface area contributed by atoms with Crippen LogP contribution in [0.4, 0.5) is 0 Å². The Bertz CT molecular complexity index is 279. The molecule has 0 aromatic rings. The van der Waals surface area contributed by atoms with Gasteiger partial charge in [-0.05, 0) is 38.0 Å². The number of rotatable bonds is 2. The first-order valence-corrected chi connectivity index (χ1v) is 6.24. The highest BCUT2D eigenvalue weighted by molar-refractivity contribution is 5.71. The van der Waals surface area contributed by atoms with Crippen molar-refractivity contribution in [1.29, 1.82) is 0 Å². The van der Waals surface area contributed by atoms with Crippen molar-refractivity contribution in [2.24, 2.45) is 11.8 Å². The number of aliphatic carboxylic acids is 1. The summed E-state index contributed by atoms with van der Waals surface area (Å²) in [5, 5.41) is 9.19. The van der Waals surface area contributed by atoms with Gasteiger partial charge in [-0.3, -0.25) is 9.69 Å². The highest BCUT2D eigenvalue weighted by Crippen LogP contribution is 2.43. The third-order valence-electron chi connectivity index (χ3n) is 4.67. The Morgan fingerprint density at radius 2 is 2.07 bits per heavy atom. The Labute approximate surface area is 90.5 Å². The first-order chi connectivity index (χ1) is 7.25. The lowest BCUT2D eigenvalue weighted by molar-refractivity contribution is -0.143. The second-order valence-corrected chi connectivity index (χ2v) is 5.47. The van der Waals surface area contributed by atoms with Crippen LogP contribution < -0.4 is 0 Å². The zero-order valence-corrected chi connectivity index (χ0v) is 9.06. The van der Waals surface area contributed by atoms with Gasteiger partial charge < -0.3 is 5.11 Å². The third kappa shape index (κ3) is 1.48. The number of carboxylic acids is 1. The fraction of sp³-hybridized carbons (Fsp3) is 0.917. The summed E-state index contributed by atoms with van der Waals surface area (Å²) in [4.78, 5) is 13.7. The molecule has 3 rings (SSSR count). The number of likely N-dealkylation sites (tertiary alicyclic amines) is 1. The van der Waals surface area contributed by atoms with Crippen molar-refractivity contribution in [2.75, 3.05) is 6.54 Å². The number of piperidine rings is 1. The summed E-state index contributed by atoms with van der Waals surface area (Å²) in [6.07, 6.45) is 7.14. The van der Waals surface area contributed by atoms with Gasteiger partial charge in [-0.1, -0.05) is 6.42 Å². The second kappa shape index (κ2) is 3.48. The van der Waals surface area contributed by atoms with E-state index in [-0.39, 0.29) is 5.92 Å². The third-order valence-corrected chi connectivity index (χ3v) is 4.67. The van der Waals surface area contributed by atoms with Gasteiger partial charge in [-0.25, -0.2) is 0 Å². The molecule has 1 N–H and O–H groups in total. The zero-order valence-electron chi connectivity index (χ0n) is 9.06. The highest BCUT2D eigenvalue weighted by atomic mass is 16.4. The van der Waals surface area contributed by atoms with Gasteiger partial charge in [0.15, 0.2) is 0 Å². The molecule has 0 aromatic heterocycles. The summed E-state index contributed by atoms with van der Waals surface area (Å²) in [5.41, 5.74) is 0. The van der Waals surface area contributed by atoms with E-state index in [0.717, 1.165) is 31.2 Å². The van der Waals surface area contributed by atoms with Crippen molar-refractivity contribution in [2.45, 2.75) is 50.6 Å². The number of hydrogen-bond donors (Lipinski definition) is 1. The molecule has 2 saturated carbocycles. The molecule has 2 bridgehead atoms. The molecular formula is C12H19NO2. The largest absolute Gasteiger partial charge is 0.481 e. The molecule has 0 spiro atoms. The molecule has 84 valence electrons. The summed E-state index contributed by atoms with van der Waals surface area (Å²) < 4.78 is 0. The number of hydrogen-bond acceptors (Lipinski definition) is 2. The number of fused-ring (bicyclic) bond motifs is 2. The first kappa shape index (κ1) is 9.64. The standard InChI is InChI=1S/C12H19NO2/c14-12(15)10-2-1-3-11(10)13-7-8-4-5-9(13)6-8/h8-11H,1-7H2,(H,14,15). The van der Waals surface area contributed by atoms with E-state index < -0.39 is 5.97 Å². The van der Waals surface area contributed by atoms with Crippen molar-refractivity contribution >= 4 is 5.97 Å². The average Bonchev–Trinajstić information content (AvgIpc) is 2.92. The van der Waals surface area contributed by atoms with Crippen LogP contribution in [0.3, 0.4) is 0 Å². The maximum Gasteiger partial charge on any atom is 0.308 e. The lowest BCUT2D eigenvalue weighted by Gasteiger charge is -2.34. The normalized spacial score (nSPS) is 45.1. The molecule has 4 atom stereocenters. The summed E-state index contributed by atoms with van der Waals surface area (Å²) in [7, 11) is 0. The maximum absolute atomic E-state index is 11.1. The molecular weight excluding hydrogens is 190 g/mol. The van der Waals surface area contributed by atoms with E-state index >= 15 is 0 Å². The number of nitrogens with zero attached hydrogens (tertiary/aromatic N) is 1. The minimum absolute atomic E-state index is 0.0793. The van der Waals surface area contributed by atoms with E-state index in [1.807, 2.05) is 0 Å². The van der Waals surface area contributed by atoms with E-state index in [9.17, 15) is 9.90 Å². The molecule has 3 aliphatic rings. The molecule has 3 heteroatoms. The van der Waals surface area contributed by atoms with Crippen LogP contribution in [0, 0.1) is 11.8 Å². The van der Waals surface area contributed by atoms with E-state index in [1.165, 1.54) is 25.8 Å². The van der Waals surface area contributed by atoms with Crippen molar-refractivity contribution in [3.8, 4) is 0 Å². The van der Waals surface area contributed by atoms with Gasteiger partial charge in [-0.2, -0.15) is 0 Å². The zero-order chi connectivity index (χ0) is 10.4. The summed E-state index contributed by atoms with van der Waals surface area (Å²) in [5.74, 6) is 0.231. The molecule has 1 saturated heterocycles. The van der Waals surface area contributed by atoms with Crippen LogP contribution in [0.1, 0.15) is 38.5 Å². The minimum Gasteiger partial charge on any atom is -0.481 e. The predicted molar refractivity (Wildman–Crippen MR) is 56.6 cm³/mol.